The summed E-state index contributed by atoms with van der Waals surface area (Å²) in [4.78, 5) is 18.1. The molecule has 1 aliphatic carbocycles. The van der Waals surface area contributed by atoms with Gasteiger partial charge in [0.25, 0.3) is 0 Å². The molecule has 1 aromatic carbocycles. The average Bonchev–Trinajstić information content (AvgIpc) is 3.46. The summed E-state index contributed by atoms with van der Waals surface area (Å²) in [6, 6.07) is 7.99. The fourth-order valence-electron chi connectivity index (χ4n) is 4.69. The molecule has 3 aromatic heterocycles. The number of benzene rings is 1. The summed E-state index contributed by atoms with van der Waals surface area (Å²) >= 11 is 0. The Balaban J connectivity index is 1.34. The van der Waals surface area contributed by atoms with Crippen LogP contribution in [-0.2, 0) is 6.42 Å². The van der Waals surface area contributed by atoms with Gasteiger partial charge in [-0.25, -0.2) is 9.97 Å². The lowest BCUT2D eigenvalue weighted by Gasteiger charge is -2.33. The van der Waals surface area contributed by atoms with E-state index in [2.05, 4.69) is 48.3 Å². The Morgan fingerprint density at radius 2 is 1.85 bits per heavy atom. The van der Waals surface area contributed by atoms with Crippen LogP contribution in [0.1, 0.15) is 17.5 Å². The van der Waals surface area contributed by atoms with Crippen molar-refractivity contribution in [3.05, 3.63) is 60.2 Å². The van der Waals surface area contributed by atoms with Crippen molar-refractivity contribution in [3.63, 3.8) is 0 Å². The minimum Gasteiger partial charge on any atom is -0.449 e. The van der Waals surface area contributed by atoms with Gasteiger partial charge in [0.2, 0.25) is 0 Å². The third-order valence-electron chi connectivity index (χ3n) is 6.64. The summed E-state index contributed by atoms with van der Waals surface area (Å²) in [6.45, 7) is 3.98. The highest BCUT2D eigenvalue weighted by molar-refractivity contribution is 6.05. The van der Waals surface area contributed by atoms with Gasteiger partial charge in [-0.3, -0.25) is 4.98 Å². The van der Waals surface area contributed by atoms with Crippen LogP contribution in [0, 0.1) is 0 Å². The van der Waals surface area contributed by atoms with Crippen molar-refractivity contribution in [2.75, 3.05) is 43.4 Å². The Kier molecular flexibility index (Phi) is 5.10. The van der Waals surface area contributed by atoms with Crippen molar-refractivity contribution in [3.8, 4) is 11.6 Å². The number of hydrogen-bond donors (Lipinski definition) is 2. The Hall–Kier alpha value is -3.98. The molecule has 0 spiro atoms. The van der Waals surface area contributed by atoms with Crippen LogP contribution >= 0.6 is 0 Å². The number of nitrogens with one attached hydrogen (secondary N) is 1. The molecule has 4 aromatic rings. The molecule has 0 saturated carbocycles. The van der Waals surface area contributed by atoms with E-state index in [9.17, 15) is 5.21 Å². The maximum atomic E-state index is 9.22. The predicted octanol–water partition coefficient (Wildman–Crippen LogP) is 3.90. The molecule has 0 amide bonds. The van der Waals surface area contributed by atoms with E-state index >= 15 is 0 Å². The van der Waals surface area contributed by atoms with Crippen LogP contribution in [0.4, 0.5) is 17.1 Å². The fraction of sp³-hybridized carbons (Fsp3) is 0.280. The van der Waals surface area contributed by atoms with Crippen molar-refractivity contribution >= 4 is 33.7 Å². The molecular formula is C25H25N7O2. The minimum absolute atomic E-state index is 0.521. The zero-order chi connectivity index (χ0) is 23.1. The van der Waals surface area contributed by atoms with E-state index in [0.717, 1.165) is 78.3 Å². The SMILES string of the molecule is CN1CCN(c2cnc(-c3oc4cnccc4c3Nc3ccc4c(c3)CC/C4=N\O)nc2)CC1. The molecule has 1 fully saturated rings. The number of aromatic nitrogens is 3. The number of anilines is 3. The van der Waals surface area contributed by atoms with Gasteiger partial charge < -0.3 is 24.7 Å². The summed E-state index contributed by atoms with van der Waals surface area (Å²) in [5.41, 5.74) is 6.30. The second-order valence-electron chi connectivity index (χ2n) is 8.78. The highest BCUT2D eigenvalue weighted by Gasteiger charge is 2.22. The zero-order valence-electron chi connectivity index (χ0n) is 18.9. The zero-order valence-corrected chi connectivity index (χ0v) is 18.9. The van der Waals surface area contributed by atoms with E-state index in [-0.39, 0.29) is 0 Å². The maximum Gasteiger partial charge on any atom is 0.198 e. The lowest BCUT2D eigenvalue weighted by atomic mass is 10.1. The number of oxime groups is 1. The van der Waals surface area contributed by atoms with Crippen LogP contribution in [0.25, 0.3) is 22.6 Å². The highest BCUT2D eigenvalue weighted by atomic mass is 16.4. The van der Waals surface area contributed by atoms with Crippen molar-refractivity contribution in [1.82, 2.24) is 19.9 Å². The number of piperazine rings is 1. The molecule has 0 radical (unpaired) electrons. The molecule has 34 heavy (non-hydrogen) atoms. The average molecular weight is 456 g/mol. The summed E-state index contributed by atoms with van der Waals surface area (Å²) in [6.07, 6.45) is 8.78. The number of likely N-dealkylation sites (N-methyl/N-ethyl adjacent to an activating group) is 1. The molecule has 6 rings (SSSR count). The van der Waals surface area contributed by atoms with Gasteiger partial charge in [0.05, 0.1) is 35.7 Å². The van der Waals surface area contributed by atoms with Gasteiger partial charge in [-0.15, -0.1) is 0 Å². The number of furan rings is 1. The molecule has 2 aliphatic rings. The highest BCUT2D eigenvalue weighted by Crippen LogP contribution is 2.39. The molecule has 4 heterocycles. The maximum absolute atomic E-state index is 9.22. The van der Waals surface area contributed by atoms with Gasteiger partial charge in [-0.05, 0) is 43.7 Å². The van der Waals surface area contributed by atoms with Gasteiger partial charge >= 0.3 is 0 Å². The van der Waals surface area contributed by atoms with E-state index in [1.54, 1.807) is 12.4 Å². The Morgan fingerprint density at radius 1 is 1.03 bits per heavy atom. The van der Waals surface area contributed by atoms with Gasteiger partial charge in [0, 0.05) is 49.0 Å². The normalized spacial score (nSPS) is 17.4. The first-order valence-corrected chi connectivity index (χ1v) is 11.4. The van der Waals surface area contributed by atoms with E-state index in [0.29, 0.717) is 17.2 Å². The second kappa shape index (κ2) is 8.42. The summed E-state index contributed by atoms with van der Waals surface area (Å²) in [5.74, 6) is 1.10. The molecule has 1 saturated heterocycles. The number of pyridine rings is 1. The van der Waals surface area contributed by atoms with Crippen LogP contribution in [-0.4, -0.2) is 64.0 Å². The van der Waals surface area contributed by atoms with E-state index in [1.165, 1.54) is 0 Å². The Bertz CT molecular complexity index is 1370. The number of fused-ring (bicyclic) bond motifs is 2. The van der Waals surface area contributed by atoms with Crippen molar-refractivity contribution in [2.24, 2.45) is 5.16 Å². The number of nitrogens with zero attached hydrogens (tertiary/aromatic N) is 6. The van der Waals surface area contributed by atoms with E-state index in [1.807, 2.05) is 30.6 Å². The lowest BCUT2D eigenvalue weighted by molar-refractivity contribution is 0.312. The van der Waals surface area contributed by atoms with Crippen LogP contribution in [0.2, 0.25) is 0 Å². The van der Waals surface area contributed by atoms with E-state index in [4.69, 9.17) is 4.42 Å². The third kappa shape index (κ3) is 3.63. The summed E-state index contributed by atoms with van der Waals surface area (Å²) < 4.78 is 6.16. The van der Waals surface area contributed by atoms with E-state index < -0.39 is 0 Å². The van der Waals surface area contributed by atoms with Crippen molar-refractivity contribution < 1.29 is 9.62 Å². The topological polar surface area (TPSA) is 103 Å². The van der Waals surface area contributed by atoms with Crippen LogP contribution < -0.4 is 10.2 Å². The third-order valence-corrected chi connectivity index (χ3v) is 6.64. The lowest BCUT2D eigenvalue weighted by Crippen LogP contribution is -2.44. The summed E-state index contributed by atoms with van der Waals surface area (Å²) in [7, 11) is 2.14. The van der Waals surface area contributed by atoms with Gasteiger partial charge in [-0.2, -0.15) is 0 Å². The first-order chi connectivity index (χ1) is 16.7. The molecule has 1 aliphatic heterocycles. The van der Waals surface area contributed by atoms with Crippen LogP contribution in [0.15, 0.2) is 58.6 Å². The molecule has 0 bridgehead atoms. The molecule has 172 valence electrons. The predicted molar refractivity (Wildman–Crippen MR) is 131 cm³/mol. The molecule has 9 nitrogen and oxygen atoms in total. The standard InChI is InChI=1S/C25H25N7O2/c1-31-8-10-32(11-9-31)18-13-27-25(28-14-18)24-23(20-6-7-26-15-22(20)34-24)29-17-3-4-19-16(12-17)2-5-21(19)30-33/h3-4,6-7,12-15,29,33H,2,5,8-11H2,1H3/b30-21+. The summed E-state index contributed by atoms with van der Waals surface area (Å²) in [5, 5.41) is 17.1. The van der Waals surface area contributed by atoms with Crippen LogP contribution in [0.3, 0.4) is 0 Å². The Labute approximate surface area is 196 Å². The Morgan fingerprint density at radius 3 is 2.65 bits per heavy atom. The number of hydrogen-bond acceptors (Lipinski definition) is 9. The largest absolute Gasteiger partial charge is 0.449 e. The van der Waals surface area contributed by atoms with Crippen LogP contribution in [0.5, 0.6) is 0 Å². The molecular weight excluding hydrogens is 430 g/mol. The quantitative estimate of drug-likeness (QED) is 0.353. The number of aryl methyl sites for hydroxylation is 1. The second-order valence-corrected chi connectivity index (χ2v) is 8.78. The first-order valence-electron chi connectivity index (χ1n) is 11.4. The monoisotopic (exact) mass is 455 g/mol. The van der Waals surface area contributed by atoms with Gasteiger partial charge in [-0.1, -0.05) is 11.2 Å². The van der Waals surface area contributed by atoms with Gasteiger partial charge in [0.1, 0.15) is 0 Å². The first kappa shape index (κ1) is 20.6. The number of rotatable bonds is 4. The van der Waals surface area contributed by atoms with Crippen molar-refractivity contribution in [2.45, 2.75) is 12.8 Å². The molecule has 0 unspecified atom stereocenters. The fourth-order valence-corrected chi connectivity index (χ4v) is 4.69. The minimum atomic E-state index is 0.521. The van der Waals surface area contributed by atoms with Crippen molar-refractivity contribution in [1.29, 1.82) is 0 Å². The molecule has 9 heteroatoms. The molecule has 0 atom stereocenters. The molecule has 2 N–H and O–H groups in total. The smallest absolute Gasteiger partial charge is 0.198 e. The van der Waals surface area contributed by atoms with Gasteiger partial charge in [0.15, 0.2) is 17.2 Å².